The Labute approximate surface area is 114 Å². The fraction of sp³-hybridized carbons (Fsp3) is 0.562. The summed E-state index contributed by atoms with van der Waals surface area (Å²) in [6.07, 6.45) is 2.32. The minimum Gasteiger partial charge on any atom is -0.464 e. The molecule has 1 saturated carbocycles. The van der Waals surface area contributed by atoms with E-state index in [4.69, 9.17) is 4.74 Å². The molecule has 1 fully saturated rings. The maximum Gasteiger partial charge on any atom is 0.341 e. The Morgan fingerprint density at radius 3 is 2.68 bits per heavy atom. The summed E-state index contributed by atoms with van der Waals surface area (Å²) in [5, 5.41) is 0. The summed E-state index contributed by atoms with van der Waals surface area (Å²) in [5.74, 6) is -0.806. The number of ether oxygens (including phenoxy) is 1. The number of halogens is 1. The zero-order valence-electron chi connectivity index (χ0n) is 11.3. The minimum absolute atomic E-state index is 0.134. The first kappa shape index (κ1) is 14.0. The van der Waals surface area contributed by atoms with Gasteiger partial charge in [0.25, 0.3) is 0 Å². The molecule has 3 atom stereocenters. The fourth-order valence-corrected chi connectivity index (χ4v) is 3.02. The molecule has 1 aliphatic rings. The lowest BCUT2D eigenvalue weighted by Gasteiger charge is -2.33. The smallest absolute Gasteiger partial charge is 0.341 e. The van der Waals surface area contributed by atoms with Crippen LogP contribution in [0.15, 0.2) is 30.3 Å². The molecule has 0 radical (unpaired) electrons. The standard InChI is InChI=1S/C16H21FO2/c1-2-19-16(18)15(17)14-11-7-6-10-13(14)12-8-4-3-5-9-12/h3-5,8-9,13-15H,2,6-7,10-11H2,1H3. The van der Waals surface area contributed by atoms with Crippen LogP contribution in [0.4, 0.5) is 4.39 Å². The average Bonchev–Trinajstić information content (AvgIpc) is 2.47. The van der Waals surface area contributed by atoms with Crippen LogP contribution in [0.1, 0.15) is 44.1 Å². The van der Waals surface area contributed by atoms with E-state index < -0.39 is 12.1 Å². The first-order chi connectivity index (χ1) is 9.24. The van der Waals surface area contributed by atoms with Crippen molar-refractivity contribution < 1.29 is 13.9 Å². The number of esters is 1. The monoisotopic (exact) mass is 264 g/mol. The van der Waals surface area contributed by atoms with E-state index in [2.05, 4.69) is 0 Å². The third-order valence-electron chi connectivity index (χ3n) is 3.93. The van der Waals surface area contributed by atoms with Crippen molar-refractivity contribution in [3.05, 3.63) is 35.9 Å². The molecule has 19 heavy (non-hydrogen) atoms. The quantitative estimate of drug-likeness (QED) is 0.772. The molecule has 0 spiro atoms. The van der Waals surface area contributed by atoms with Crippen molar-refractivity contribution in [3.8, 4) is 0 Å². The third kappa shape index (κ3) is 3.34. The van der Waals surface area contributed by atoms with Gasteiger partial charge in [0.15, 0.2) is 0 Å². The van der Waals surface area contributed by atoms with Gasteiger partial charge in [0.05, 0.1) is 6.61 Å². The number of alkyl halides is 1. The molecule has 2 rings (SSSR count). The molecule has 3 heteroatoms. The number of hydrogen-bond donors (Lipinski definition) is 0. The molecule has 104 valence electrons. The van der Waals surface area contributed by atoms with Gasteiger partial charge in [-0.25, -0.2) is 9.18 Å². The Kier molecular flexibility index (Phi) is 4.94. The van der Waals surface area contributed by atoms with Crippen LogP contribution >= 0.6 is 0 Å². The predicted octanol–water partition coefficient (Wildman–Crippen LogP) is 3.86. The molecule has 0 aliphatic heterocycles. The molecule has 0 heterocycles. The maximum absolute atomic E-state index is 14.3. The largest absolute Gasteiger partial charge is 0.464 e. The Morgan fingerprint density at radius 1 is 1.32 bits per heavy atom. The average molecular weight is 264 g/mol. The zero-order chi connectivity index (χ0) is 13.7. The van der Waals surface area contributed by atoms with Gasteiger partial charge in [0.2, 0.25) is 6.17 Å². The van der Waals surface area contributed by atoms with Crippen molar-refractivity contribution >= 4 is 5.97 Å². The van der Waals surface area contributed by atoms with Crippen LogP contribution in [-0.2, 0) is 9.53 Å². The van der Waals surface area contributed by atoms with Crippen LogP contribution in [0, 0.1) is 5.92 Å². The number of carbonyl (C=O) groups excluding carboxylic acids is 1. The highest BCUT2D eigenvalue weighted by Crippen LogP contribution is 2.40. The van der Waals surface area contributed by atoms with Crippen molar-refractivity contribution in [1.29, 1.82) is 0 Å². The van der Waals surface area contributed by atoms with Crippen LogP contribution in [0.5, 0.6) is 0 Å². The van der Waals surface area contributed by atoms with E-state index in [9.17, 15) is 9.18 Å². The topological polar surface area (TPSA) is 26.3 Å². The van der Waals surface area contributed by atoms with Crippen LogP contribution < -0.4 is 0 Å². The van der Waals surface area contributed by atoms with Gasteiger partial charge < -0.3 is 4.74 Å². The summed E-state index contributed by atoms with van der Waals surface area (Å²) in [6, 6.07) is 9.96. The molecule has 0 bridgehead atoms. The summed E-state index contributed by atoms with van der Waals surface area (Å²) in [4.78, 5) is 11.6. The zero-order valence-corrected chi connectivity index (χ0v) is 11.3. The van der Waals surface area contributed by atoms with Gasteiger partial charge in [-0.2, -0.15) is 0 Å². The van der Waals surface area contributed by atoms with Gasteiger partial charge in [0, 0.05) is 5.92 Å². The SMILES string of the molecule is CCOC(=O)C(F)C1CCCCC1c1ccccc1. The molecule has 0 saturated heterocycles. The summed E-state index contributed by atoms with van der Waals surface area (Å²) < 4.78 is 19.2. The number of rotatable bonds is 4. The maximum atomic E-state index is 14.3. The normalized spacial score (nSPS) is 24.7. The Hall–Kier alpha value is -1.38. The van der Waals surface area contributed by atoms with E-state index in [0.29, 0.717) is 0 Å². The van der Waals surface area contributed by atoms with Gasteiger partial charge in [-0.1, -0.05) is 43.2 Å². The van der Waals surface area contributed by atoms with Crippen LogP contribution in [0.3, 0.4) is 0 Å². The summed E-state index contributed by atoms with van der Waals surface area (Å²) >= 11 is 0. The third-order valence-corrected chi connectivity index (χ3v) is 3.93. The number of carbonyl (C=O) groups is 1. The highest BCUT2D eigenvalue weighted by Gasteiger charge is 2.37. The molecule has 1 aliphatic carbocycles. The molecular weight excluding hydrogens is 243 g/mol. The van der Waals surface area contributed by atoms with E-state index in [1.54, 1.807) is 6.92 Å². The molecule has 0 N–H and O–H groups in total. The lowest BCUT2D eigenvalue weighted by atomic mass is 9.73. The number of hydrogen-bond acceptors (Lipinski definition) is 2. The molecule has 0 aromatic heterocycles. The van der Waals surface area contributed by atoms with Crippen LogP contribution in [-0.4, -0.2) is 18.7 Å². The van der Waals surface area contributed by atoms with Crippen molar-refractivity contribution in [3.63, 3.8) is 0 Å². The van der Waals surface area contributed by atoms with E-state index >= 15 is 0 Å². The van der Waals surface area contributed by atoms with Gasteiger partial charge in [0.1, 0.15) is 0 Å². The van der Waals surface area contributed by atoms with Crippen molar-refractivity contribution in [2.75, 3.05) is 6.61 Å². The van der Waals surface area contributed by atoms with Crippen LogP contribution in [0.25, 0.3) is 0 Å². The van der Waals surface area contributed by atoms with Gasteiger partial charge >= 0.3 is 5.97 Å². The Bertz CT molecular complexity index is 404. The van der Waals surface area contributed by atoms with Crippen molar-refractivity contribution in [1.82, 2.24) is 0 Å². The molecule has 2 nitrogen and oxygen atoms in total. The van der Waals surface area contributed by atoms with Gasteiger partial charge in [-0.3, -0.25) is 0 Å². The van der Waals surface area contributed by atoms with E-state index in [-0.39, 0.29) is 18.4 Å². The summed E-state index contributed by atoms with van der Waals surface area (Å²) in [7, 11) is 0. The van der Waals surface area contributed by atoms with Crippen molar-refractivity contribution in [2.24, 2.45) is 5.92 Å². The first-order valence-corrected chi connectivity index (χ1v) is 7.09. The van der Waals surface area contributed by atoms with E-state index in [1.807, 2.05) is 30.3 Å². The van der Waals surface area contributed by atoms with E-state index in [0.717, 1.165) is 31.2 Å². The number of benzene rings is 1. The lowest BCUT2D eigenvalue weighted by molar-refractivity contribution is -0.152. The second-order valence-electron chi connectivity index (χ2n) is 5.12. The fourth-order valence-electron chi connectivity index (χ4n) is 3.02. The first-order valence-electron chi connectivity index (χ1n) is 7.09. The molecule has 1 aromatic rings. The van der Waals surface area contributed by atoms with E-state index in [1.165, 1.54) is 0 Å². The second kappa shape index (κ2) is 6.69. The van der Waals surface area contributed by atoms with Gasteiger partial charge in [-0.05, 0) is 31.2 Å². The summed E-state index contributed by atoms with van der Waals surface area (Å²) in [5.41, 5.74) is 1.14. The summed E-state index contributed by atoms with van der Waals surface area (Å²) in [6.45, 7) is 1.95. The van der Waals surface area contributed by atoms with Crippen LogP contribution in [0.2, 0.25) is 0 Å². The lowest BCUT2D eigenvalue weighted by Crippen LogP contribution is -2.33. The van der Waals surface area contributed by atoms with Gasteiger partial charge in [-0.15, -0.1) is 0 Å². The molecule has 1 aromatic carbocycles. The second-order valence-corrected chi connectivity index (χ2v) is 5.12. The molecule has 0 amide bonds. The molecular formula is C16H21FO2. The highest BCUT2D eigenvalue weighted by molar-refractivity contribution is 5.75. The predicted molar refractivity (Wildman–Crippen MR) is 72.7 cm³/mol. The molecule has 3 unspecified atom stereocenters. The highest BCUT2D eigenvalue weighted by atomic mass is 19.1. The minimum atomic E-state index is -1.49. The Balaban J connectivity index is 2.14. The Morgan fingerprint density at radius 2 is 2.00 bits per heavy atom. The van der Waals surface area contributed by atoms with Crippen molar-refractivity contribution in [2.45, 2.75) is 44.7 Å².